The number of amides is 1. The van der Waals surface area contributed by atoms with Crippen LogP contribution in [-0.4, -0.2) is 12.1 Å². The van der Waals surface area contributed by atoms with Crippen LogP contribution in [0.4, 0.5) is 0 Å². The molecular weight excluding hydrogens is 142 g/mol. The summed E-state index contributed by atoms with van der Waals surface area (Å²) in [7, 11) is 0. The van der Waals surface area contributed by atoms with E-state index in [2.05, 4.69) is 17.4 Å². The van der Waals surface area contributed by atoms with Gasteiger partial charge in [0.2, 0.25) is 0 Å². The summed E-state index contributed by atoms with van der Waals surface area (Å²) in [6, 6.07) is 0. The number of carbonyl (C=O) groups excluding carboxylic acids is 1. The molecule has 4 heteroatoms. The highest BCUT2D eigenvalue weighted by atomic mass is 16.2. The predicted octanol–water partition coefficient (Wildman–Crippen LogP) is -0.122. The lowest BCUT2D eigenvalue weighted by Crippen LogP contribution is -2.48. The van der Waals surface area contributed by atoms with Gasteiger partial charge >= 0.3 is 0 Å². The van der Waals surface area contributed by atoms with E-state index in [1.54, 1.807) is 0 Å². The minimum atomic E-state index is -0.267. The van der Waals surface area contributed by atoms with Crippen LogP contribution in [0.15, 0.2) is 12.7 Å². The van der Waals surface area contributed by atoms with Crippen LogP contribution in [0.25, 0.3) is 0 Å². The second-order valence-corrected chi connectivity index (χ2v) is 2.23. The molecule has 0 aromatic carbocycles. The van der Waals surface area contributed by atoms with Gasteiger partial charge in [-0.15, -0.1) is 0 Å². The minimum absolute atomic E-state index is 0.177. The molecule has 4 N–H and O–H groups in total. The number of nitrogens with one attached hydrogen (secondary N) is 2. The van der Waals surface area contributed by atoms with Crippen LogP contribution in [-0.2, 0) is 4.79 Å². The Hall–Kier alpha value is -0.870. The summed E-state index contributed by atoms with van der Waals surface area (Å²) >= 11 is 0. The van der Waals surface area contributed by atoms with E-state index < -0.39 is 0 Å². The van der Waals surface area contributed by atoms with Crippen molar-refractivity contribution in [2.24, 2.45) is 5.73 Å². The SMILES string of the molecule is C=CC(=O)NNC(N)CCC. The predicted molar refractivity (Wildman–Crippen MR) is 44.4 cm³/mol. The van der Waals surface area contributed by atoms with Crippen LogP contribution in [0.5, 0.6) is 0 Å². The largest absolute Gasteiger partial charge is 0.315 e. The van der Waals surface area contributed by atoms with E-state index in [1.807, 2.05) is 6.92 Å². The van der Waals surface area contributed by atoms with Gasteiger partial charge in [0.15, 0.2) is 0 Å². The lowest BCUT2D eigenvalue weighted by Gasteiger charge is -2.11. The Balaban J connectivity index is 3.37. The highest BCUT2D eigenvalue weighted by Crippen LogP contribution is 1.86. The van der Waals surface area contributed by atoms with E-state index in [1.165, 1.54) is 6.08 Å². The molecule has 0 radical (unpaired) electrons. The van der Waals surface area contributed by atoms with Crippen molar-refractivity contribution in [3.63, 3.8) is 0 Å². The van der Waals surface area contributed by atoms with Gasteiger partial charge in [-0.3, -0.25) is 10.2 Å². The molecule has 11 heavy (non-hydrogen) atoms. The van der Waals surface area contributed by atoms with Crippen molar-refractivity contribution >= 4 is 5.91 Å². The molecule has 0 aliphatic heterocycles. The normalized spacial score (nSPS) is 12.2. The molecule has 0 saturated heterocycles. The maximum atomic E-state index is 10.6. The monoisotopic (exact) mass is 157 g/mol. The standard InChI is InChI=1S/C7H15N3O/c1-3-5-6(8)9-10-7(11)4-2/h4,6,9H,2-3,5,8H2,1H3,(H,10,11). The third kappa shape index (κ3) is 5.57. The van der Waals surface area contributed by atoms with Crippen molar-refractivity contribution in [3.05, 3.63) is 12.7 Å². The summed E-state index contributed by atoms with van der Waals surface area (Å²) < 4.78 is 0. The molecule has 1 amide bonds. The molecule has 0 aromatic heterocycles. The van der Waals surface area contributed by atoms with Crippen LogP contribution in [0, 0.1) is 0 Å². The van der Waals surface area contributed by atoms with Gasteiger partial charge in [0, 0.05) is 0 Å². The Bertz CT molecular complexity index is 136. The fraction of sp³-hybridized carbons (Fsp3) is 0.571. The summed E-state index contributed by atoms with van der Waals surface area (Å²) in [6.45, 7) is 5.32. The smallest absolute Gasteiger partial charge is 0.257 e. The molecule has 1 atom stereocenters. The second-order valence-electron chi connectivity index (χ2n) is 2.23. The van der Waals surface area contributed by atoms with E-state index >= 15 is 0 Å². The minimum Gasteiger partial charge on any atom is -0.315 e. The van der Waals surface area contributed by atoms with Gasteiger partial charge in [0.05, 0.1) is 6.17 Å². The van der Waals surface area contributed by atoms with Crippen LogP contribution < -0.4 is 16.6 Å². The summed E-state index contributed by atoms with van der Waals surface area (Å²) in [6.07, 6.45) is 2.82. The van der Waals surface area contributed by atoms with Crippen molar-refractivity contribution in [2.45, 2.75) is 25.9 Å². The average Bonchev–Trinajstić information content (AvgIpc) is 2.01. The number of hydrogen-bond donors (Lipinski definition) is 3. The molecule has 0 rings (SSSR count). The van der Waals surface area contributed by atoms with Crippen molar-refractivity contribution < 1.29 is 4.79 Å². The molecular formula is C7H15N3O. The molecule has 0 aliphatic carbocycles. The zero-order valence-corrected chi connectivity index (χ0v) is 6.76. The summed E-state index contributed by atoms with van der Waals surface area (Å²) in [5, 5.41) is 0. The Morgan fingerprint density at radius 3 is 2.91 bits per heavy atom. The van der Waals surface area contributed by atoms with Gasteiger partial charge in [-0.05, 0) is 12.5 Å². The Labute approximate surface area is 66.8 Å². The molecule has 0 aliphatic rings. The van der Waals surface area contributed by atoms with Gasteiger partial charge in [-0.1, -0.05) is 19.9 Å². The molecule has 1 unspecified atom stereocenters. The van der Waals surface area contributed by atoms with Gasteiger partial charge in [-0.2, -0.15) is 0 Å². The highest BCUT2D eigenvalue weighted by Gasteiger charge is 1.99. The van der Waals surface area contributed by atoms with Gasteiger partial charge < -0.3 is 5.73 Å². The number of hydrogen-bond acceptors (Lipinski definition) is 3. The summed E-state index contributed by atoms with van der Waals surface area (Å²) in [4.78, 5) is 10.6. The van der Waals surface area contributed by atoms with Gasteiger partial charge in [0.25, 0.3) is 5.91 Å². The zero-order chi connectivity index (χ0) is 8.69. The van der Waals surface area contributed by atoms with Crippen molar-refractivity contribution in [1.29, 1.82) is 0 Å². The third-order valence-corrected chi connectivity index (χ3v) is 1.17. The lowest BCUT2D eigenvalue weighted by molar-refractivity contribution is -0.117. The number of hydrazine groups is 1. The first-order valence-electron chi connectivity index (χ1n) is 3.64. The quantitative estimate of drug-likeness (QED) is 0.296. The molecule has 4 nitrogen and oxygen atoms in total. The van der Waals surface area contributed by atoms with Gasteiger partial charge in [-0.25, -0.2) is 5.43 Å². The third-order valence-electron chi connectivity index (χ3n) is 1.17. The molecule has 0 fully saturated rings. The van der Waals surface area contributed by atoms with E-state index in [4.69, 9.17) is 5.73 Å². The topological polar surface area (TPSA) is 67.2 Å². The number of nitrogens with two attached hydrogens (primary N) is 1. The second kappa shape index (κ2) is 5.88. The zero-order valence-electron chi connectivity index (χ0n) is 6.76. The van der Waals surface area contributed by atoms with Crippen LogP contribution >= 0.6 is 0 Å². The van der Waals surface area contributed by atoms with Crippen molar-refractivity contribution in [1.82, 2.24) is 10.9 Å². The van der Waals surface area contributed by atoms with Crippen molar-refractivity contribution in [2.75, 3.05) is 0 Å². The first-order chi connectivity index (χ1) is 5.20. The Morgan fingerprint density at radius 2 is 2.45 bits per heavy atom. The van der Waals surface area contributed by atoms with Crippen LogP contribution in [0.1, 0.15) is 19.8 Å². The van der Waals surface area contributed by atoms with E-state index in [9.17, 15) is 4.79 Å². The first kappa shape index (κ1) is 10.1. The summed E-state index contributed by atoms with van der Waals surface area (Å²) in [5.74, 6) is -0.267. The molecule has 0 spiro atoms. The number of rotatable bonds is 5. The molecule has 0 saturated carbocycles. The fourth-order valence-electron chi connectivity index (χ4n) is 0.598. The Kier molecular flexibility index (Phi) is 5.42. The summed E-state index contributed by atoms with van der Waals surface area (Å²) in [5.41, 5.74) is 10.6. The maximum absolute atomic E-state index is 10.6. The van der Waals surface area contributed by atoms with E-state index in [0.717, 1.165) is 12.8 Å². The fourth-order valence-corrected chi connectivity index (χ4v) is 0.598. The van der Waals surface area contributed by atoms with E-state index in [-0.39, 0.29) is 12.1 Å². The lowest BCUT2D eigenvalue weighted by atomic mass is 10.3. The van der Waals surface area contributed by atoms with Crippen LogP contribution in [0.2, 0.25) is 0 Å². The first-order valence-corrected chi connectivity index (χ1v) is 3.64. The highest BCUT2D eigenvalue weighted by molar-refractivity contribution is 5.86. The van der Waals surface area contributed by atoms with Crippen LogP contribution in [0.3, 0.4) is 0 Å². The molecule has 0 bridgehead atoms. The van der Waals surface area contributed by atoms with E-state index in [0.29, 0.717) is 0 Å². The number of carbonyl (C=O) groups is 1. The Morgan fingerprint density at radius 1 is 1.82 bits per heavy atom. The maximum Gasteiger partial charge on any atom is 0.257 e. The molecule has 64 valence electrons. The molecule has 0 heterocycles. The molecule has 0 aromatic rings. The average molecular weight is 157 g/mol. The van der Waals surface area contributed by atoms with Gasteiger partial charge in [0.1, 0.15) is 0 Å². The van der Waals surface area contributed by atoms with Crippen molar-refractivity contribution in [3.8, 4) is 0 Å².